The average Bonchev–Trinajstić information content (AvgIpc) is 2.09. The molecule has 1 heterocycles. The molecule has 0 unspecified atom stereocenters. The first-order valence-electron chi connectivity index (χ1n) is 3.76. The minimum absolute atomic E-state index is 0.717. The molecule has 3 N–H and O–H groups in total. The molecule has 1 aromatic rings. The summed E-state index contributed by atoms with van der Waals surface area (Å²) < 4.78 is 0. The van der Waals surface area contributed by atoms with Crippen molar-refractivity contribution >= 4 is 5.69 Å². The quantitative estimate of drug-likeness (QED) is 0.567. The molecule has 0 aliphatic heterocycles. The highest BCUT2D eigenvalue weighted by Crippen LogP contribution is 2.11. The Morgan fingerprint density at radius 1 is 1.58 bits per heavy atom. The van der Waals surface area contributed by atoms with E-state index in [4.69, 9.17) is 0 Å². The van der Waals surface area contributed by atoms with E-state index in [1.165, 1.54) is 0 Å². The SMILES string of the molecule is CN[C@H](O)Nc1ccncc1C. The molecule has 0 spiro atoms. The molecule has 0 fully saturated rings. The molecule has 0 amide bonds. The summed E-state index contributed by atoms with van der Waals surface area (Å²) in [5.74, 6) is 0. The fraction of sp³-hybridized carbons (Fsp3) is 0.375. The van der Waals surface area contributed by atoms with E-state index < -0.39 is 6.35 Å². The molecule has 0 saturated carbocycles. The maximum Gasteiger partial charge on any atom is 0.181 e. The van der Waals surface area contributed by atoms with Gasteiger partial charge in [0, 0.05) is 18.1 Å². The van der Waals surface area contributed by atoms with Crippen molar-refractivity contribution in [1.29, 1.82) is 0 Å². The fourth-order valence-corrected chi connectivity index (χ4v) is 0.855. The number of aliphatic hydroxyl groups is 1. The van der Waals surface area contributed by atoms with Crippen LogP contribution in [0.3, 0.4) is 0 Å². The molecular formula is C8H13N3O. The Morgan fingerprint density at radius 3 is 2.92 bits per heavy atom. The summed E-state index contributed by atoms with van der Waals surface area (Å²) in [6, 6.07) is 1.82. The lowest BCUT2D eigenvalue weighted by Gasteiger charge is -2.13. The molecule has 0 aliphatic carbocycles. The molecule has 4 heteroatoms. The van der Waals surface area contributed by atoms with Crippen molar-refractivity contribution in [2.75, 3.05) is 12.4 Å². The molecule has 0 aromatic carbocycles. The molecule has 1 rings (SSSR count). The van der Waals surface area contributed by atoms with Crippen LogP contribution in [-0.2, 0) is 0 Å². The predicted octanol–water partition coefficient (Wildman–Crippen LogP) is 0.297. The molecule has 0 bridgehead atoms. The van der Waals surface area contributed by atoms with E-state index in [1.807, 2.05) is 13.0 Å². The molecule has 1 atom stereocenters. The number of hydrogen-bond donors (Lipinski definition) is 3. The average molecular weight is 167 g/mol. The smallest absolute Gasteiger partial charge is 0.181 e. The predicted molar refractivity (Wildman–Crippen MR) is 47.7 cm³/mol. The van der Waals surface area contributed by atoms with Crippen molar-refractivity contribution < 1.29 is 5.11 Å². The zero-order chi connectivity index (χ0) is 8.97. The van der Waals surface area contributed by atoms with Crippen LogP contribution in [0.2, 0.25) is 0 Å². The number of nitrogens with one attached hydrogen (secondary N) is 2. The van der Waals surface area contributed by atoms with Crippen LogP contribution in [0.5, 0.6) is 0 Å². The number of aryl methyl sites for hydroxylation is 1. The van der Waals surface area contributed by atoms with Gasteiger partial charge in [-0.05, 0) is 25.6 Å². The summed E-state index contributed by atoms with van der Waals surface area (Å²) in [6.07, 6.45) is 2.70. The van der Waals surface area contributed by atoms with Crippen molar-refractivity contribution in [3.05, 3.63) is 24.0 Å². The minimum Gasteiger partial charge on any atom is -0.361 e. The monoisotopic (exact) mass is 167 g/mol. The standard InChI is InChI=1S/C8H13N3O/c1-6-5-10-4-3-7(6)11-8(12)9-2/h3-5,8-9,12H,1-2H3,(H,10,11)/t8-/m0/s1. The maximum atomic E-state index is 9.19. The van der Waals surface area contributed by atoms with Crippen LogP contribution in [0.15, 0.2) is 18.5 Å². The summed E-state index contributed by atoms with van der Waals surface area (Å²) in [4.78, 5) is 3.94. The first-order chi connectivity index (χ1) is 5.74. The van der Waals surface area contributed by atoms with E-state index in [0.29, 0.717) is 0 Å². The number of nitrogens with zero attached hydrogens (tertiary/aromatic N) is 1. The lowest BCUT2D eigenvalue weighted by atomic mass is 10.2. The van der Waals surface area contributed by atoms with Crippen LogP contribution in [0.25, 0.3) is 0 Å². The summed E-state index contributed by atoms with van der Waals surface area (Å²) in [7, 11) is 1.67. The van der Waals surface area contributed by atoms with E-state index in [-0.39, 0.29) is 0 Å². The van der Waals surface area contributed by atoms with Gasteiger partial charge in [0.2, 0.25) is 0 Å². The van der Waals surface area contributed by atoms with Crippen LogP contribution in [0.4, 0.5) is 5.69 Å². The summed E-state index contributed by atoms with van der Waals surface area (Å²) >= 11 is 0. The molecule has 1 aromatic heterocycles. The van der Waals surface area contributed by atoms with Crippen molar-refractivity contribution in [3.63, 3.8) is 0 Å². The Balaban J connectivity index is 2.69. The Morgan fingerprint density at radius 2 is 2.33 bits per heavy atom. The van der Waals surface area contributed by atoms with Gasteiger partial charge in [-0.3, -0.25) is 10.3 Å². The lowest BCUT2D eigenvalue weighted by molar-refractivity contribution is 0.175. The zero-order valence-corrected chi connectivity index (χ0v) is 7.20. The highest BCUT2D eigenvalue weighted by Gasteiger charge is 2.00. The van der Waals surface area contributed by atoms with Crippen LogP contribution < -0.4 is 10.6 Å². The zero-order valence-electron chi connectivity index (χ0n) is 7.20. The first kappa shape index (κ1) is 8.96. The van der Waals surface area contributed by atoms with Gasteiger partial charge in [-0.15, -0.1) is 0 Å². The van der Waals surface area contributed by atoms with Gasteiger partial charge < -0.3 is 10.4 Å². The van der Waals surface area contributed by atoms with Gasteiger partial charge in [-0.2, -0.15) is 0 Å². The molecule has 66 valence electrons. The molecule has 12 heavy (non-hydrogen) atoms. The van der Waals surface area contributed by atoms with Gasteiger partial charge in [-0.1, -0.05) is 0 Å². The Bertz CT molecular complexity index is 252. The highest BCUT2D eigenvalue weighted by atomic mass is 16.3. The van der Waals surface area contributed by atoms with E-state index >= 15 is 0 Å². The molecule has 4 nitrogen and oxygen atoms in total. The van der Waals surface area contributed by atoms with E-state index in [9.17, 15) is 5.11 Å². The van der Waals surface area contributed by atoms with Crippen LogP contribution >= 0.6 is 0 Å². The summed E-state index contributed by atoms with van der Waals surface area (Å²) in [5, 5.41) is 14.7. The van der Waals surface area contributed by atoms with Crippen molar-refractivity contribution in [1.82, 2.24) is 10.3 Å². The number of aliphatic hydroxyl groups excluding tert-OH is 1. The van der Waals surface area contributed by atoms with Crippen molar-refractivity contribution in [3.8, 4) is 0 Å². The molecule has 0 saturated heterocycles. The van der Waals surface area contributed by atoms with Crippen LogP contribution in [0, 0.1) is 6.92 Å². The Labute approximate surface area is 71.6 Å². The largest absolute Gasteiger partial charge is 0.361 e. The van der Waals surface area contributed by atoms with Crippen LogP contribution in [-0.4, -0.2) is 23.5 Å². The first-order valence-corrected chi connectivity index (χ1v) is 3.76. The summed E-state index contributed by atoms with van der Waals surface area (Å²) in [5.41, 5.74) is 1.89. The second-order valence-electron chi connectivity index (χ2n) is 2.53. The van der Waals surface area contributed by atoms with Gasteiger partial charge in [-0.25, -0.2) is 0 Å². The molecule has 0 radical (unpaired) electrons. The molecular weight excluding hydrogens is 154 g/mol. The van der Waals surface area contributed by atoms with Crippen molar-refractivity contribution in [2.24, 2.45) is 0 Å². The molecule has 0 aliphatic rings. The summed E-state index contributed by atoms with van der Waals surface area (Å²) in [6.45, 7) is 1.93. The normalized spacial score (nSPS) is 12.6. The third kappa shape index (κ3) is 2.18. The lowest BCUT2D eigenvalue weighted by Crippen LogP contribution is -2.32. The van der Waals surface area contributed by atoms with Crippen LogP contribution in [0.1, 0.15) is 5.56 Å². The van der Waals surface area contributed by atoms with Gasteiger partial charge in [0.05, 0.1) is 0 Å². The maximum absolute atomic E-state index is 9.19. The second kappa shape index (κ2) is 4.04. The van der Waals surface area contributed by atoms with Crippen molar-refractivity contribution in [2.45, 2.75) is 13.3 Å². The number of aromatic nitrogens is 1. The van der Waals surface area contributed by atoms with Gasteiger partial charge in [0.25, 0.3) is 0 Å². The van der Waals surface area contributed by atoms with E-state index in [2.05, 4.69) is 15.6 Å². The number of pyridine rings is 1. The van der Waals surface area contributed by atoms with Gasteiger partial charge >= 0.3 is 0 Å². The number of hydrogen-bond acceptors (Lipinski definition) is 4. The third-order valence-electron chi connectivity index (χ3n) is 1.59. The topological polar surface area (TPSA) is 57.2 Å². The minimum atomic E-state index is -0.717. The third-order valence-corrected chi connectivity index (χ3v) is 1.59. The fourth-order valence-electron chi connectivity index (χ4n) is 0.855. The highest BCUT2D eigenvalue weighted by molar-refractivity contribution is 5.48. The van der Waals surface area contributed by atoms with E-state index in [0.717, 1.165) is 11.3 Å². The number of anilines is 1. The van der Waals surface area contributed by atoms with Gasteiger partial charge in [0.1, 0.15) is 0 Å². The van der Waals surface area contributed by atoms with Gasteiger partial charge in [0.15, 0.2) is 6.35 Å². The Hall–Kier alpha value is -1.13. The Kier molecular flexibility index (Phi) is 3.01. The van der Waals surface area contributed by atoms with E-state index in [1.54, 1.807) is 19.4 Å². The second-order valence-corrected chi connectivity index (χ2v) is 2.53. The number of rotatable bonds is 3.